The van der Waals surface area contributed by atoms with Gasteiger partial charge in [-0.05, 0) is 19.3 Å². The van der Waals surface area contributed by atoms with Gasteiger partial charge in [0.15, 0.2) is 5.82 Å². The van der Waals surface area contributed by atoms with E-state index in [4.69, 9.17) is 26.2 Å². The van der Waals surface area contributed by atoms with Crippen molar-refractivity contribution in [1.82, 2.24) is 20.4 Å². The van der Waals surface area contributed by atoms with Crippen LogP contribution in [0.25, 0.3) is 0 Å². The van der Waals surface area contributed by atoms with E-state index in [9.17, 15) is 19.2 Å². The number of nitrogens with two attached hydrogens (primary N) is 2. The maximum absolute atomic E-state index is 12.0. The molecule has 7 N–H and O–H groups in total. The first-order valence-corrected chi connectivity index (χ1v) is 9.01. The second kappa shape index (κ2) is 11.6. The first-order valence-electron chi connectivity index (χ1n) is 9.01. The standard InChI is InChI=1S/C13H20N6O5.C3H6O2/c14-7(3-4-9(15)20)11-17-10(24-18-11)6-16-13(23)19-5-1-2-8(19)12(21)22;1-2-3(4)5/h7-8H,1-6,14H2,(H2,15,20)(H,16,23)(H,21,22);2H2,1H3,(H,4,5). The number of amides is 3. The highest BCUT2D eigenvalue weighted by Gasteiger charge is 2.34. The summed E-state index contributed by atoms with van der Waals surface area (Å²) in [5.74, 6) is -1.89. The summed E-state index contributed by atoms with van der Waals surface area (Å²) in [5.41, 5.74) is 10.9. The number of aliphatic carboxylic acids is 2. The van der Waals surface area contributed by atoms with Crippen molar-refractivity contribution >= 4 is 23.9 Å². The van der Waals surface area contributed by atoms with Crippen molar-refractivity contribution < 1.29 is 33.9 Å². The summed E-state index contributed by atoms with van der Waals surface area (Å²) >= 11 is 0. The van der Waals surface area contributed by atoms with E-state index in [1.165, 1.54) is 4.90 Å². The fraction of sp³-hybridized carbons (Fsp3) is 0.625. The predicted octanol–water partition coefficient (Wildman–Crippen LogP) is -0.425. The smallest absolute Gasteiger partial charge is 0.326 e. The number of aromatic nitrogens is 2. The highest BCUT2D eigenvalue weighted by Crippen LogP contribution is 2.17. The molecule has 0 aliphatic carbocycles. The molecule has 1 saturated heterocycles. The molecule has 2 unspecified atom stereocenters. The highest BCUT2D eigenvalue weighted by atomic mass is 16.5. The molecule has 3 amide bonds. The number of carbonyl (C=O) groups excluding carboxylic acids is 2. The Bertz CT molecular complexity index is 722. The third kappa shape index (κ3) is 8.13. The Morgan fingerprint density at radius 1 is 1.34 bits per heavy atom. The number of nitrogens with one attached hydrogen (secondary N) is 1. The van der Waals surface area contributed by atoms with Gasteiger partial charge in [-0.15, -0.1) is 0 Å². The average Bonchev–Trinajstić information content (AvgIpc) is 3.34. The highest BCUT2D eigenvalue weighted by molar-refractivity contribution is 5.83. The molecule has 1 aliphatic rings. The number of rotatable bonds is 8. The molecule has 13 nitrogen and oxygen atoms in total. The zero-order valence-electron chi connectivity index (χ0n) is 16.0. The first-order chi connectivity index (χ1) is 13.6. The van der Waals surface area contributed by atoms with E-state index in [1.54, 1.807) is 6.92 Å². The fourth-order valence-corrected chi connectivity index (χ4v) is 2.44. The minimum atomic E-state index is -1.02. The van der Waals surface area contributed by atoms with Crippen LogP contribution in [-0.4, -0.2) is 61.7 Å². The van der Waals surface area contributed by atoms with E-state index in [2.05, 4.69) is 15.5 Å². The molecule has 2 heterocycles. The number of hydrogen-bond donors (Lipinski definition) is 5. The molecule has 13 heteroatoms. The summed E-state index contributed by atoms with van der Waals surface area (Å²) in [5, 5.41) is 23.0. The number of nitrogens with zero attached hydrogens (tertiary/aromatic N) is 3. The van der Waals surface area contributed by atoms with Crippen LogP contribution >= 0.6 is 0 Å². The Balaban J connectivity index is 0.000000749. The van der Waals surface area contributed by atoms with Crippen LogP contribution in [0.2, 0.25) is 0 Å². The lowest BCUT2D eigenvalue weighted by Crippen LogP contribution is -2.45. The second-order valence-electron chi connectivity index (χ2n) is 6.25. The average molecular weight is 414 g/mol. The van der Waals surface area contributed by atoms with Crippen LogP contribution < -0.4 is 16.8 Å². The predicted molar refractivity (Wildman–Crippen MR) is 97.2 cm³/mol. The van der Waals surface area contributed by atoms with Crippen LogP contribution in [0.15, 0.2) is 4.52 Å². The molecule has 1 aliphatic heterocycles. The van der Waals surface area contributed by atoms with Gasteiger partial charge >= 0.3 is 18.0 Å². The molecule has 162 valence electrons. The Morgan fingerprint density at radius 2 is 2.00 bits per heavy atom. The number of primary amides is 1. The number of hydrogen-bond acceptors (Lipinski definition) is 8. The SMILES string of the molecule is CCC(=O)O.NC(=O)CCC(N)c1noc(CNC(=O)N2CCCC2C(=O)O)n1. The molecule has 29 heavy (non-hydrogen) atoms. The van der Waals surface area contributed by atoms with Crippen LogP contribution in [-0.2, 0) is 20.9 Å². The van der Waals surface area contributed by atoms with Crippen molar-refractivity contribution in [2.75, 3.05) is 6.54 Å². The van der Waals surface area contributed by atoms with E-state index in [1.807, 2.05) is 0 Å². The lowest BCUT2D eigenvalue weighted by Gasteiger charge is -2.21. The molecular formula is C16H26N6O7. The fourth-order valence-electron chi connectivity index (χ4n) is 2.44. The summed E-state index contributed by atoms with van der Waals surface area (Å²) in [6, 6.07) is -1.91. The van der Waals surface area contributed by atoms with Crippen molar-refractivity contribution in [2.24, 2.45) is 11.5 Å². The minimum absolute atomic E-state index is 0.0444. The Kier molecular flexibility index (Phi) is 9.51. The topological polar surface area (TPSA) is 215 Å². The quantitative estimate of drug-likeness (QED) is 0.370. The van der Waals surface area contributed by atoms with Gasteiger partial charge in [0.1, 0.15) is 6.04 Å². The molecule has 0 aromatic carbocycles. The van der Waals surface area contributed by atoms with Crippen molar-refractivity contribution in [3.05, 3.63) is 11.7 Å². The molecule has 2 rings (SSSR count). The van der Waals surface area contributed by atoms with Gasteiger partial charge in [-0.3, -0.25) is 9.59 Å². The van der Waals surface area contributed by atoms with Gasteiger partial charge in [-0.25, -0.2) is 9.59 Å². The Labute approximate surface area is 166 Å². The second-order valence-corrected chi connectivity index (χ2v) is 6.25. The largest absolute Gasteiger partial charge is 0.481 e. The van der Waals surface area contributed by atoms with Gasteiger partial charge in [0.25, 0.3) is 0 Å². The van der Waals surface area contributed by atoms with Gasteiger partial charge in [-0.2, -0.15) is 4.98 Å². The van der Waals surface area contributed by atoms with Crippen molar-refractivity contribution in [3.8, 4) is 0 Å². The van der Waals surface area contributed by atoms with Crippen LogP contribution in [0.4, 0.5) is 4.79 Å². The summed E-state index contributed by atoms with van der Waals surface area (Å²) in [6.45, 7) is 1.94. The number of likely N-dealkylation sites (tertiary alicyclic amines) is 1. The number of carbonyl (C=O) groups is 4. The number of carboxylic acids is 2. The molecule has 0 bridgehead atoms. The first kappa shape index (κ1) is 23.8. The zero-order valence-corrected chi connectivity index (χ0v) is 16.0. The van der Waals surface area contributed by atoms with E-state index >= 15 is 0 Å². The van der Waals surface area contributed by atoms with E-state index in [0.29, 0.717) is 19.4 Å². The van der Waals surface area contributed by atoms with E-state index in [0.717, 1.165) is 0 Å². The van der Waals surface area contributed by atoms with Crippen LogP contribution in [0.5, 0.6) is 0 Å². The maximum Gasteiger partial charge on any atom is 0.326 e. The minimum Gasteiger partial charge on any atom is -0.481 e. The lowest BCUT2D eigenvalue weighted by atomic mass is 10.1. The molecule has 1 aromatic rings. The van der Waals surface area contributed by atoms with Gasteiger partial charge in [0.2, 0.25) is 11.8 Å². The molecule has 2 atom stereocenters. The van der Waals surface area contributed by atoms with E-state index < -0.39 is 36.0 Å². The number of urea groups is 1. The van der Waals surface area contributed by atoms with E-state index in [-0.39, 0.29) is 37.5 Å². The molecular weight excluding hydrogens is 388 g/mol. The van der Waals surface area contributed by atoms with Crippen molar-refractivity contribution in [1.29, 1.82) is 0 Å². The molecule has 0 spiro atoms. The molecule has 0 saturated carbocycles. The van der Waals surface area contributed by atoms with Crippen LogP contribution in [0.1, 0.15) is 56.8 Å². The third-order valence-electron chi connectivity index (χ3n) is 4.01. The van der Waals surface area contributed by atoms with Gasteiger partial charge in [-0.1, -0.05) is 12.1 Å². The maximum atomic E-state index is 12.0. The van der Waals surface area contributed by atoms with Gasteiger partial charge < -0.3 is 36.4 Å². The summed E-state index contributed by atoms with van der Waals surface area (Å²) in [6.07, 6.45) is 1.69. The normalized spacial score (nSPS) is 16.5. The van der Waals surface area contributed by atoms with Crippen LogP contribution in [0.3, 0.4) is 0 Å². The van der Waals surface area contributed by atoms with Crippen molar-refractivity contribution in [2.45, 2.75) is 57.7 Å². The summed E-state index contributed by atoms with van der Waals surface area (Å²) in [7, 11) is 0. The van der Waals surface area contributed by atoms with Gasteiger partial charge in [0.05, 0.1) is 12.6 Å². The number of carboxylic acid groups (broad SMARTS) is 2. The molecule has 0 radical (unpaired) electrons. The van der Waals surface area contributed by atoms with Crippen molar-refractivity contribution in [3.63, 3.8) is 0 Å². The molecule has 1 aromatic heterocycles. The summed E-state index contributed by atoms with van der Waals surface area (Å²) in [4.78, 5) is 48.5. The third-order valence-corrected chi connectivity index (χ3v) is 4.01. The zero-order chi connectivity index (χ0) is 22.0. The molecule has 1 fully saturated rings. The lowest BCUT2D eigenvalue weighted by molar-refractivity contribution is -0.141. The van der Waals surface area contributed by atoms with Crippen LogP contribution in [0, 0.1) is 0 Å². The summed E-state index contributed by atoms with van der Waals surface area (Å²) < 4.78 is 4.97. The van der Waals surface area contributed by atoms with Gasteiger partial charge in [0, 0.05) is 19.4 Å². The Morgan fingerprint density at radius 3 is 2.55 bits per heavy atom. The monoisotopic (exact) mass is 414 g/mol. The Hall–Kier alpha value is -3.22.